The predicted octanol–water partition coefficient (Wildman–Crippen LogP) is 2.62. The van der Waals surface area contributed by atoms with Crippen LogP contribution in [0.15, 0.2) is 16.7 Å². The number of hydrogen-bond donors (Lipinski definition) is 2. The molecule has 0 fully saturated rings. The first kappa shape index (κ1) is 17.3. The highest BCUT2D eigenvalue weighted by molar-refractivity contribution is 5.95. The Balaban J connectivity index is 2.11. The van der Waals surface area contributed by atoms with Gasteiger partial charge in [-0.2, -0.15) is 5.10 Å². The first-order valence-electron chi connectivity index (χ1n) is 7.75. The summed E-state index contributed by atoms with van der Waals surface area (Å²) in [6.45, 7) is 11.3. The van der Waals surface area contributed by atoms with Gasteiger partial charge in [-0.25, -0.2) is 0 Å². The van der Waals surface area contributed by atoms with Crippen molar-refractivity contribution in [3.05, 3.63) is 40.6 Å². The summed E-state index contributed by atoms with van der Waals surface area (Å²) in [5.41, 5.74) is 0.825. The maximum Gasteiger partial charge on any atom is 0.254 e. The number of aliphatic hydroxyl groups is 1. The van der Waals surface area contributed by atoms with E-state index in [-0.39, 0.29) is 18.5 Å². The lowest BCUT2D eigenvalue weighted by molar-refractivity contribution is 0.0513. The van der Waals surface area contributed by atoms with E-state index in [0.29, 0.717) is 16.9 Å². The molecule has 2 aromatic rings. The average molecular weight is 319 g/mol. The zero-order valence-corrected chi connectivity index (χ0v) is 14.6. The molecule has 126 valence electrons. The molecule has 2 heterocycles. The number of amides is 1. The first-order chi connectivity index (χ1) is 10.6. The smallest absolute Gasteiger partial charge is 0.254 e. The van der Waals surface area contributed by atoms with Crippen LogP contribution < -0.4 is 5.32 Å². The van der Waals surface area contributed by atoms with Gasteiger partial charge in [-0.1, -0.05) is 0 Å². The summed E-state index contributed by atoms with van der Waals surface area (Å²) in [5.74, 6) is 1.15. The lowest BCUT2D eigenvalue weighted by Crippen LogP contribution is -2.39. The van der Waals surface area contributed by atoms with Crippen LogP contribution in [0.3, 0.4) is 0 Å². The van der Waals surface area contributed by atoms with Gasteiger partial charge < -0.3 is 14.8 Å². The van der Waals surface area contributed by atoms with Crippen LogP contribution in [0.1, 0.15) is 59.9 Å². The third-order valence-electron chi connectivity index (χ3n) is 3.99. The van der Waals surface area contributed by atoms with Crippen molar-refractivity contribution in [2.45, 2.75) is 53.2 Å². The molecule has 0 spiro atoms. The Bertz CT molecular complexity index is 711. The Morgan fingerprint density at radius 2 is 2.09 bits per heavy atom. The molecule has 0 aliphatic rings. The molecule has 0 bridgehead atoms. The van der Waals surface area contributed by atoms with Gasteiger partial charge in [0.15, 0.2) is 0 Å². The Labute approximate surface area is 136 Å². The van der Waals surface area contributed by atoms with Gasteiger partial charge in [0.1, 0.15) is 17.1 Å². The minimum absolute atomic E-state index is 0.0952. The van der Waals surface area contributed by atoms with Crippen LogP contribution in [0.5, 0.6) is 0 Å². The highest BCUT2D eigenvalue weighted by atomic mass is 16.3. The minimum atomic E-state index is -1.19. The number of nitrogens with one attached hydrogen (secondary N) is 1. The number of carbonyl (C=O) groups is 1. The van der Waals surface area contributed by atoms with Crippen molar-refractivity contribution in [2.24, 2.45) is 0 Å². The maximum atomic E-state index is 12.4. The molecule has 0 saturated heterocycles. The predicted molar refractivity (Wildman–Crippen MR) is 87.4 cm³/mol. The molecule has 1 amide bonds. The van der Waals surface area contributed by atoms with Crippen LogP contribution in [-0.4, -0.2) is 27.3 Å². The monoisotopic (exact) mass is 319 g/mol. The summed E-state index contributed by atoms with van der Waals surface area (Å²) < 4.78 is 7.26. The van der Waals surface area contributed by atoms with Crippen molar-refractivity contribution < 1.29 is 14.3 Å². The van der Waals surface area contributed by atoms with Gasteiger partial charge in [-0.3, -0.25) is 9.48 Å². The summed E-state index contributed by atoms with van der Waals surface area (Å²) in [5, 5.41) is 17.7. The number of hydrogen-bond acceptors (Lipinski definition) is 4. The highest BCUT2D eigenvalue weighted by Gasteiger charge is 2.29. The van der Waals surface area contributed by atoms with Crippen LogP contribution in [0.2, 0.25) is 0 Å². The lowest BCUT2D eigenvalue weighted by Gasteiger charge is -2.23. The van der Waals surface area contributed by atoms with Crippen molar-refractivity contribution in [1.29, 1.82) is 0 Å². The van der Waals surface area contributed by atoms with E-state index in [0.717, 1.165) is 11.5 Å². The second-order valence-electron chi connectivity index (χ2n) is 6.47. The molecule has 2 N–H and O–H groups in total. The molecule has 6 heteroatoms. The Morgan fingerprint density at radius 3 is 2.57 bits per heavy atom. The molecule has 0 saturated carbocycles. The Kier molecular flexibility index (Phi) is 4.66. The van der Waals surface area contributed by atoms with Crippen LogP contribution >= 0.6 is 0 Å². The fraction of sp³-hybridized carbons (Fsp3) is 0.529. The van der Waals surface area contributed by atoms with Crippen LogP contribution in [-0.2, 0) is 5.60 Å². The van der Waals surface area contributed by atoms with Crippen molar-refractivity contribution in [1.82, 2.24) is 15.1 Å². The summed E-state index contributed by atoms with van der Waals surface area (Å²) in [6, 6.07) is 1.99. The van der Waals surface area contributed by atoms with Gasteiger partial charge >= 0.3 is 0 Å². The fourth-order valence-electron chi connectivity index (χ4n) is 2.78. The van der Waals surface area contributed by atoms with Crippen LogP contribution in [0, 0.1) is 20.8 Å². The number of rotatable bonds is 5. The molecule has 2 rings (SSSR count). The molecule has 1 unspecified atom stereocenters. The number of furan rings is 1. The van der Waals surface area contributed by atoms with Gasteiger partial charge in [0, 0.05) is 17.3 Å². The SMILES string of the molecule is Cc1cc(C(C)(O)CNC(=O)c2cnn(C(C)C)c2C)c(C)o1. The summed E-state index contributed by atoms with van der Waals surface area (Å²) in [6.07, 6.45) is 1.56. The molecule has 0 aromatic carbocycles. The van der Waals surface area contributed by atoms with Crippen molar-refractivity contribution >= 4 is 5.91 Å². The van der Waals surface area contributed by atoms with Crippen LogP contribution in [0.25, 0.3) is 0 Å². The van der Waals surface area contributed by atoms with E-state index in [4.69, 9.17) is 4.42 Å². The van der Waals surface area contributed by atoms with Gasteiger partial charge in [0.05, 0.1) is 18.3 Å². The molecule has 23 heavy (non-hydrogen) atoms. The van der Waals surface area contributed by atoms with Crippen molar-refractivity contribution in [3.63, 3.8) is 0 Å². The zero-order chi connectivity index (χ0) is 17.4. The molecule has 6 nitrogen and oxygen atoms in total. The molecule has 0 aliphatic heterocycles. The molecule has 0 radical (unpaired) electrons. The van der Waals surface area contributed by atoms with E-state index in [2.05, 4.69) is 10.4 Å². The van der Waals surface area contributed by atoms with E-state index in [1.165, 1.54) is 0 Å². The van der Waals surface area contributed by atoms with E-state index in [1.807, 2.05) is 27.7 Å². The van der Waals surface area contributed by atoms with E-state index in [1.54, 1.807) is 30.8 Å². The van der Waals surface area contributed by atoms with Gasteiger partial charge in [0.25, 0.3) is 5.91 Å². The summed E-state index contributed by atoms with van der Waals surface area (Å²) in [4.78, 5) is 12.4. The summed E-state index contributed by atoms with van der Waals surface area (Å²) >= 11 is 0. The normalized spacial score (nSPS) is 14.1. The van der Waals surface area contributed by atoms with Gasteiger partial charge in [-0.05, 0) is 47.6 Å². The standard InChI is InChI=1S/C17H25N3O3/c1-10(2)20-12(4)14(8-19-20)16(21)18-9-17(6,22)15-7-11(3)23-13(15)5/h7-8,10,22H,9H2,1-6H3,(H,18,21). The maximum absolute atomic E-state index is 12.4. The molecule has 0 aliphatic carbocycles. The number of carbonyl (C=O) groups excluding carboxylic acids is 1. The second kappa shape index (κ2) is 6.20. The average Bonchev–Trinajstić information content (AvgIpc) is 2.99. The lowest BCUT2D eigenvalue weighted by atomic mass is 9.96. The summed E-state index contributed by atoms with van der Waals surface area (Å²) in [7, 11) is 0. The van der Waals surface area contributed by atoms with Gasteiger partial charge in [-0.15, -0.1) is 0 Å². The Hall–Kier alpha value is -2.08. The quantitative estimate of drug-likeness (QED) is 0.888. The largest absolute Gasteiger partial charge is 0.466 e. The molecule has 2 aromatic heterocycles. The van der Waals surface area contributed by atoms with Crippen molar-refractivity contribution in [3.8, 4) is 0 Å². The fourth-order valence-corrected chi connectivity index (χ4v) is 2.78. The van der Waals surface area contributed by atoms with E-state index in [9.17, 15) is 9.90 Å². The molecular weight excluding hydrogens is 294 g/mol. The number of aryl methyl sites for hydroxylation is 2. The first-order valence-corrected chi connectivity index (χ1v) is 7.75. The van der Waals surface area contributed by atoms with Crippen molar-refractivity contribution in [2.75, 3.05) is 6.54 Å². The topological polar surface area (TPSA) is 80.3 Å². The highest BCUT2D eigenvalue weighted by Crippen LogP contribution is 2.26. The number of aromatic nitrogens is 2. The minimum Gasteiger partial charge on any atom is -0.466 e. The number of nitrogens with zero attached hydrogens (tertiary/aromatic N) is 2. The van der Waals surface area contributed by atoms with Crippen LogP contribution in [0.4, 0.5) is 0 Å². The molecule has 1 atom stereocenters. The van der Waals surface area contributed by atoms with E-state index < -0.39 is 5.60 Å². The zero-order valence-electron chi connectivity index (χ0n) is 14.6. The molecular formula is C17H25N3O3. The third-order valence-corrected chi connectivity index (χ3v) is 3.99. The Morgan fingerprint density at radius 1 is 1.43 bits per heavy atom. The van der Waals surface area contributed by atoms with Gasteiger partial charge in [0.2, 0.25) is 0 Å². The third kappa shape index (κ3) is 3.47. The van der Waals surface area contributed by atoms with E-state index >= 15 is 0 Å². The second-order valence-corrected chi connectivity index (χ2v) is 6.47.